The maximum Gasteiger partial charge on any atom is 0.228 e. The number of pyridine rings is 1. The molecule has 1 fully saturated rings. The lowest BCUT2D eigenvalue weighted by molar-refractivity contribution is 0.346. The Labute approximate surface area is 132 Å². The monoisotopic (exact) mass is 350 g/mol. The fourth-order valence-corrected chi connectivity index (χ4v) is 2.61. The van der Waals surface area contributed by atoms with Crippen LogP contribution in [-0.2, 0) is 6.42 Å². The van der Waals surface area contributed by atoms with Gasteiger partial charge in [-0.2, -0.15) is 4.98 Å². The fraction of sp³-hybridized carbons (Fsp3) is 0.533. The van der Waals surface area contributed by atoms with Crippen LogP contribution in [0.5, 0.6) is 0 Å². The van der Waals surface area contributed by atoms with Crippen LogP contribution in [0.1, 0.15) is 32.1 Å². The van der Waals surface area contributed by atoms with Gasteiger partial charge in [0.2, 0.25) is 11.7 Å². The van der Waals surface area contributed by atoms with Crippen molar-refractivity contribution in [3.8, 4) is 11.5 Å². The average Bonchev–Trinajstić information content (AvgIpc) is 3.24. The van der Waals surface area contributed by atoms with Gasteiger partial charge in [-0.1, -0.05) is 12.1 Å². The van der Waals surface area contributed by atoms with Gasteiger partial charge in [0, 0.05) is 23.1 Å². The third-order valence-corrected chi connectivity index (χ3v) is 4.14. The minimum absolute atomic E-state index is 0.455. The van der Waals surface area contributed by atoms with Crippen molar-refractivity contribution in [1.82, 2.24) is 20.4 Å². The summed E-state index contributed by atoms with van der Waals surface area (Å²) in [4.78, 5) is 8.76. The molecule has 0 aliphatic heterocycles. The molecule has 1 unspecified atom stereocenters. The molecule has 2 aromatic heterocycles. The lowest BCUT2D eigenvalue weighted by atomic mass is 10.1. The van der Waals surface area contributed by atoms with Gasteiger partial charge in [-0.25, -0.2) is 0 Å². The highest BCUT2D eigenvalue weighted by molar-refractivity contribution is 9.10. The topological polar surface area (TPSA) is 63.8 Å². The zero-order chi connectivity index (χ0) is 14.7. The Kier molecular flexibility index (Phi) is 4.65. The summed E-state index contributed by atoms with van der Waals surface area (Å²) in [5.41, 5.74) is 0.734. The third-order valence-electron chi connectivity index (χ3n) is 3.67. The summed E-state index contributed by atoms with van der Waals surface area (Å²) in [7, 11) is 0. The molecule has 1 atom stereocenters. The van der Waals surface area contributed by atoms with Gasteiger partial charge < -0.3 is 9.84 Å². The molecule has 2 aromatic rings. The molecule has 0 radical (unpaired) electrons. The van der Waals surface area contributed by atoms with Crippen molar-refractivity contribution < 1.29 is 4.52 Å². The molecule has 2 heterocycles. The summed E-state index contributed by atoms with van der Waals surface area (Å²) >= 11 is 3.37. The summed E-state index contributed by atoms with van der Waals surface area (Å²) in [6.45, 7) is 3.22. The lowest BCUT2D eigenvalue weighted by Gasteiger charge is -2.15. The predicted octanol–water partition coefficient (Wildman–Crippen LogP) is 3.21. The highest BCUT2D eigenvalue weighted by Crippen LogP contribution is 2.34. The van der Waals surface area contributed by atoms with Gasteiger partial charge in [0.1, 0.15) is 5.69 Å². The van der Waals surface area contributed by atoms with E-state index in [1.165, 1.54) is 12.8 Å². The fourth-order valence-electron chi connectivity index (χ4n) is 2.37. The minimum Gasteiger partial charge on any atom is -0.339 e. The number of hydrogen-bond donors (Lipinski definition) is 1. The number of rotatable bonds is 7. The molecule has 0 spiro atoms. The van der Waals surface area contributed by atoms with Crippen molar-refractivity contribution in [2.45, 2.75) is 38.6 Å². The van der Waals surface area contributed by atoms with E-state index in [-0.39, 0.29) is 0 Å². The SMILES string of the molecule is CCCNC(Cc1nc(-c2ccc(Br)cn2)no1)C1CC1. The van der Waals surface area contributed by atoms with Crippen LogP contribution in [0.15, 0.2) is 27.3 Å². The van der Waals surface area contributed by atoms with E-state index in [0.717, 1.165) is 35.5 Å². The van der Waals surface area contributed by atoms with Gasteiger partial charge in [-0.05, 0) is 59.8 Å². The van der Waals surface area contributed by atoms with Crippen LogP contribution >= 0.6 is 15.9 Å². The highest BCUT2D eigenvalue weighted by atomic mass is 79.9. The first kappa shape index (κ1) is 14.7. The van der Waals surface area contributed by atoms with Gasteiger partial charge in [0.05, 0.1) is 0 Å². The minimum atomic E-state index is 0.455. The first-order valence-corrected chi connectivity index (χ1v) is 8.23. The largest absolute Gasteiger partial charge is 0.339 e. The molecule has 1 N–H and O–H groups in total. The Morgan fingerprint density at radius 3 is 2.95 bits per heavy atom. The first-order chi connectivity index (χ1) is 10.3. The molecule has 0 amide bonds. The van der Waals surface area contributed by atoms with Crippen molar-refractivity contribution in [2.24, 2.45) is 5.92 Å². The van der Waals surface area contributed by atoms with Crippen LogP contribution in [0.25, 0.3) is 11.5 Å². The number of halogens is 1. The van der Waals surface area contributed by atoms with E-state index in [4.69, 9.17) is 4.52 Å². The van der Waals surface area contributed by atoms with E-state index in [0.29, 0.717) is 17.8 Å². The Bertz CT molecular complexity index is 580. The number of nitrogens with zero attached hydrogens (tertiary/aromatic N) is 3. The summed E-state index contributed by atoms with van der Waals surface area (Å²) in [5.74, 6) is 2.01. The third kappa shape index (κ3) is 3.89. The molecule has 1 aliphatic rings. The number of hydrogen-bond acceptors (Lipinski definition) is 5. The predicted molar refractivity (Wildman–Crippen MR) is 83.7 cm³/mol. The Morgan fingerprint density at radius 2 is 2.29 bits per heavy atom. The molecule has 0 saturated heterocycles. The standard InChI is InChI=1S/C15H19BrN4O/c1-2-7-17-13(10-3-4-10)8-14-19-15(20-21-14)12-6-5-11(16)9-18-12/h5-6,9-10,13,17H,2-4,7-8H2,1H3. The zero-order valence-electron chi connectivity index (χ0n) is 12.1. The molecule has 1 saturated carbocycles. The molecule has 6 heteroatoms. The number of aromatic nitrogens is 3. The Hall–Kier alpha value is -1.27. The summed E-state index contributed by atoms with van der Waals surface area (Å²) in [5, 5.41) is 7.62. The maximum absolute atomic E-state index is 5.38. The van der Waals surface area contributed by atoms with E-state index in [1.54, 1.807) is 6.20 Å². The molecule has 112 valence electrons. The van der Waals surface area contributed by atoms with Crippen LogP contribution in [0, 0.1) is 5.92 Å². The van der Waals surface area contributed by atoms with Gasteiger partial charge in [-0.3, -0.25) is 4.98 Å². The summed E-state index contributed by atoms with van der Waals surface area (Å²) < 4.78 is 6.32. The van der Waals surface area contributed by atoms with E-state index in [1.807, 2.05) is 12.1 Å². The second-order valence-corrected chi connectivity index (χ2v) is 6.39. The molecule has 21 heavy (non-hydrogen) atoms. The molecule has 3 rings (SSSR count). The van der Waals surface area contributed by atoms with Crippen LogP contribution in [0.3, 0.4) is 0 Å². The molecule has 0 aromatic carbocycles. The molecule has 1 aliphatic carbocycles. The van der Waals surface area contributed by atoms with Gasteiger partial charge in [0.15, 0.2) is 0 Å². The molecule has 5 nitrogen and oxygen atoms in total. The van der Waals surface area contributed by atoms with E-state index in [2.05, 4.69) is 43.3 Å². The van der Waals surface area contributed by atoms with Gasteiger partial charge in [0.25, 0.3) is 0 Å². The lowest BCUT2D eigenvalue weighted by Crippen LogP contribution is -2.33. The first-order valence-electron chi connectivity index (χ1n) is 7.44. The highest BCUT2D eigenvalue weighted by Gasteiger charge is 2.32. The smallest absolute Gasteiger partial charge is 0.228 e. The Balaban J connectivity index is 1.67. The van der Waals surface area contributed by atoms with Crippen LogP contribution in [0.2, 0.25) is 0 Å². The average molecular weight is 351 g/mol. The van der Waals surface area contributed by atoms with Crippen molar-refractivity contribution in [2.75, 3.05) is 6.54 Å². The van der Waals surface area contributed by atoms with Crippen molar-refractivity contribution >= 4 is 15.9 Å². The second-order valence-electron chi connectivity index (χ2n) is 5.48. The number of nitrogens with one attached hydrogen (secondary N) is 1. The molecule has 0 bridgehead atoms. The van der Waals surface area contributed by atoms with Crippen LogP contribution < -0.4 is 5.32 Å². The van der Waals surface area contributed by atoms with Crippen LogP contribution in [-0.4, -0.2) is 27.7 Å². The zero-order valence-corrected chi connectivity index (χ0v) is 13.6. The van der Waals surface area contributed by atoms with Crippen molar-refractivity contribution in [3.05, 3.63) is 28.7 Å². The van der Waals surface area contributed by atoms with Gasteiger partial charge in [-0.15, -0.1) is 0 Å². The Morgan fingerprint density at radius 1 is 1.43 bits per heavy atom. The van der Waals surface area contributed by atoms with Crippen LogP contribution in [0.4, 0.5) is 0 Å². The summed E-state index contributed by atoms with van der Waals surface area (Å²) in [6.07, 6.45) is 6.28. The van der Waals surface area contributed by atoms with Crippen molar-refractivity contribution in [3.63, 3.8) is 0 Å². The van der Waals surface area contributed by atoms with E-state index < -0.39 is 0 Å². The maximum atomic E-state index is 5.38. The normalized spacial score (nSPS) is 16.1. The van der Waals surface area contributed by atoms with E-state index in [9.17, 15) is 0 Å². The van der Waals surface area contributed by atoms with E-state index >= 15 is 0 Å². The van der Waals surface area contributed by atoms with Crippen molar-refractivity contribution in [1.29, 1.82) is 0 Å². The molecular weight excluding hydrogens is 332 g/mol. The quantitative estimate of drug-likeness (QED) is 0.830. The second kappa shape index (κ2) is 6.66. The molecular formula is C15H19BrN4O. The van der Waals surface area contributed by atoms with Gasteiger partial charge >= 0.3 is 0 Å². The summed E-state index contributed by atoms with van der Waals surface area (Å²) in [6, 6.07) is 4.26.